The van der Waals surface area contributed by atoms with E-state index in [0.29, 0.717) is 12.0 Å². The Morgan fingerprint density at radius 3 is 2.20 bits per heavy atom. The average molecular weight is 277 g/mol. The summed E-state index contributed by atoms with van der Waals surface area (Å²) in [5, 5.41) is 22.9. The summed E-state index contributed by atoms with van der Waals surface area (Å²) in [5.41, 5.74) is 0.940. The number of hydrogen-bond acceptors (Lipinski definition) is 3. The Kier molecular flexibility index (Phi) is 4.92. The Labute approximate surface area is 122 Å². The third-order valence-corrected chi connectivity index (χ3v) is 4.56. The van der Waals surface area contributed by atoms with Crippen LogP contribution < -0.4 is 5.32 Å². The van der Waals surface area contributed by atoms with Crippen LogP contribution >= 0.6 is 0 Å². The Hall–Kier alpha value is -1.22. The van der Waals surface area contributed by atoms with Crippen molar-refractivity contribution < 1.29 is 10.2 Å². The van der Waals surface area contributed by atoms with Crippen molar-refractivity contribution in [1.29, 1.82) is 0 Å². The minimum absolute atomic E-state index is 0.123. The van der Waals surface area contributed by atoms with Crippen LogP contribution in [-0.4, -0.2) is 16.3 Å². The van der Waals surface area contributed by atoms with Gasteiger partial charge in [-0.25, -0.2) is 0 Å². The van der Waals surface area contributed by atoms with Gasteiger partial charge in [0.1, 0.15) is 11.5 Å². The van der Waals surface area contributed by atoms with Crippen LogP contribution in [0, 0.1) is 11.8 Å². The molecule has 3 nitrogen and oxygen atoms in total. The molecule has 1 fully saturated rings. The minimum atomic E-state index is 0.123. The zero-order valence-corrected chi connectivity index (χ0v) is 12.8. The van der Waals surface area contributed by atoms with Gasteiger partial charge in [0.25, 0.3) is 0 Å². The molecule has 112 valence electrons. The molecule has 1 aliphatic rings. The normalized spacial score (nSPS) is 24.8. The molecule has 0 radical (unpaired) electrons. The fraction of sp³-hybridized carbons (Fsp3) is 0.647. The van der Waals surface area contributed by atoms with Crippen LogP contribution in [0.3, 0.4) is 0 Å². The van der Waals surface area contributed by atoms with Gasteiger partial charge < -0.3 is 15.5 Å². The van der Waals surface area contributed by atoms with Crippen molar-refractivity contribution in [3.05, 3.63) is 23.8 Å². The van der Waals surface area contributed by atoms with Gasteiger partial charge in [-0.2, -0.15) is 0 Å². The second kappa shape index (κ2) is 6.49. The number of phenolic OH excluding ortho intramolecular Hbond substituents is 2. The molecule has 3 atom stereocenters. The standard InChI is InChI=1S/C17H27NO2/c1-11(2)16-6-4-5-7-17(16)18-12(3)13-8-14(19)10-15(20)9-13/h8-12,16-20H,4-7H2,1-3H3. The largest absolute Gasteiger partial charge is 0.508 e. The van der Waals surface area contributed by atoms with Crippen LogP contribution in [-0.2, 0) is 0 Å². The van der Waals surface area contributed by atoms with E-state index in [4.69, 9.17) is 0 Å². The Morgan fingerprint density at radius 1 is 1.00 bits per heavy atom. The van der Waals surface area contributed by atoms with E-state index in [9.17, 15) is 10.2 Å². The number of nitrogens with one attached hydrogen (secondary N) is 1. The maximum absolute atomic E-state index is 9.60. The number of hydrogen-bond donors (Lipinski definition) is 3. The zero-order chi connectivity index (χ0) is 14.7. The molecule has 1 aromatic rings. The molecule has 3 N–H and O–H groups in total. The maximum atomic E-state index is 9.60. The SMILES string of the molecule is CC(NC1CCCCC1C(C)C)c1cc(O)cc(O)c1. The Bertz CT molecular complexity index is 424. The van der Waals surface area contributed by atoms with Crippen molar-refractivity contribution in [2.45, 2.75) is 58.5 Å². The molecule has 0 spiro atoms. The predicted molar refractivity (Wildman–Crippen MR) is 81.9 cm³/mol. The van der Waals surface area contributed by atoms with Crippen molar-refractivity contribution in [2.75, 3.05) is 0 Å². The lowest BCUT2D eigenvalue weighted by Gasteiger charge is -2.37. The third kappa shape index (κ3) is 3.66. The monoisotopic (exact) mass is 277 g/mol. The molecule has 1 aromatic carbocycles. The number of benzene rings is 1. The van der Waals surface area contributed by atoms with E-state index in [1.54, 1.807) is 12.1 Å². The lowest BCUT2D eigenvalue weighted by molar-refractivity contribution is 0.194. The van der Waals surface area contributed by atoms with Gasteiger partial charge in [-0.05, 0) is 49.3 Å². The Morgan fingerprint density at radius 2 is 1.60 bits per heavy atom. The van der Waals surface area contributed by atoms with Gasteiger partial charge in [-0.3, -0.25) is 0 Å². The Balaban J connectivity index is 2.07. The van der Waals surface area contributed by atoms with Gasteiger partial charge in [-0.15, -0.1) is 0 Å². The van der Waals surface area contributed by atoms with Crippen LogP contribution in [0.1, 0.15) is 58.1 Å². The summed E-state index contributed by atoms with van der Waals surface area (Å²) in [6.07, 6.45) is 5.15. The molecule has 0 bridgehead atoms. The summed E-state index contributed by atoms with van der Waals surface area (Å²) in [4.78, 5) is 0. The minimum Gasteiger partial charge on any atom is -0.508 e. The van der Waals surface area contributed by atoms with Gasteiger partial charge in [0, 0.05) is 18.2 Å². The van der Waals surface area contributed by atoms with Crippen LogP contribution in [0.2, 0.25) is 0 Å². The number of rotatable bonds is 4. The van der Waals surface area contributed by atoms with Crippen molar-refractivity contribution in [2.24, 2.45) is 11.8 Å². The third-order valence-electron chi connectivity index (χ3n) is 4.56. The van der Waals surface area contributed by atoms with E-state index in [2.05, 4.69) is 26.1 Å². The van der Waals surface area contributed by atoms with Gasteiger partial charge in [0.05, 0.1) is 0 Å². The van der Waals surface area contributed by atoms with Crippen molar-refractivity contribution in [3.63, 3.8) is 0 Å². The number of phenols is 2. The van der Waals surface area contributed by atoms with E-state index in [-0.39, 0.29) is 17.5 Å². The maximum Gasteiger partial charge on any atom is 0.119 e. The van der Waals surface area contributed by atoms with E-state index in [0.717, 1.165) is 11.5 Å². The van der Waals surface area contributed by atoms with Gasteiger partial charge >= 0.3 is 0 Å². The first-order valence-electron chi connectivity index (χ1n) is 7.76. The molecule has 1 aliphatic carbocycles. The van der Waals surface area contributed by atoms with E-state index < -0.39 is 0 Å². The van der Waals surface area contributed by atoms with E-state index >= 15 is 0 Å². The molecule has 0 amide bonds. The van der Waals surface area contributed by atoms with Crippen LogP contribution in [0.25, 0.3) is 0 Å². The van der Waals surface area contributed by atoms with E-state index in [1.165, 1.54) is 31.7 Å². The summed E-state index contributed by atoms with van der Waals surface area (Å²) in [6, 6.07) is 5.49. The smallest absolute Gasteiger partial charge is 0.119 e. The first kappa shape index (κ1) is 15.2. The van der Waals surface area contributed by atoms with Crippen molar-refractivity contribution in [3.8, 4) is 11.5 Å². The second-order valence-electron chi connectivity index (χ2n) is 6.47. The molecule has 3 heteroatoms. The van der Waals surface area contributed by atoms with Gasteiger partial charge in [0.15, 0.2) is 0 Å². The van der Waals surface area contributed by atoms with Gasteiger partial charge in [-0.1, -0.05) is 26.7 Å². The molecule has 0 heterocycles. The summed E-state index contributed by atoms with van der Waals surface area (Å²) < 4.78 is 0. The lowest BCUT2D eigenvalue weighted by atomic mass is 9.77. The quantitative estimate of drug-likeness (QED) is 0.780. The highest BCUT2D eigenvalue weighted by Crippen LogP contribution is 2.32. The second-order valence-corrected chi connectivity index (χ2v) is 6.47. The van der Waals surface area contributed by atoms with Gasteiger partial charge in [0.2, 0.25) is 0 Å². The highest BCUT2D eigenvalue weighted by molar-refractivity contribution is 5.38. The average Bonchev–Trinajstić information content (AvgIpc) is 2.37. The fourth-order valence-electron chi connectivity index (χ4n) is 3.45. The molecular weight excluding hydrogens is 250 g/mol. The first-order valence-corrected chi connectivity index (χ1v) is 7.76. The molecule has 2 rings (SSSR count). The molecule has 20 heavy (non-hydrogen) atoms. The zero-order valence-electron chi connectivity index (χ0n) is 12.8. The molecule has 1 saturated carbocycles. The van der Waals surface area contributed by atoms with Crippen LogP contribution in [0.4, 0.5) is 0 Å². The molecule has 0 aromatic heterocycles. The summed E-state index contributed by atoms with van der Waals surface area (Å²) >= 11 is 0. The van der Waals surface area contributed by atoms with Crippen molar-refractivity contribution in [1.82, 2.24) is 5.32 Å². The summed E-state index contributed by atoms with van der Waals surface area (Å²) in [6.45, 7) is 6.70. The lowest BCUT2D eigenvalue weighted by Crippen LogP contribution is -2.42. The van der Waals surface area contributed by atoms with Crippen molar-refractivity contribution >= 4 is 0 Å². The summed E-state index contributed by atoms with van der Waals surface area (Å²) in [5.74, 6) is 1.66. The number of aromatic hydroxyl groups is 2. The highest BCUT2D eigenvalue weighted by atomic mass is 16.3. The van der Waals surface area contributed by atoms with Crippen LogP contribution in [0.5, 0.6) is 11.5 Å². The molecular formula is C17H27NO2. The highest BCUT2D eigenvalue weighted by Gasteiger charge is 2.28. The summed E-state index contributed by atoms with van der Waals surface area (Å²) in [7, 11) is 0. The van der Waals surface area contributed by atoms with Crippen LogP contribution in [0.15, 0.2) is 18.2 Å². The predicted octanol–water partition coefficient (Wildman–Crippen LogP) is 3.96. The fourth-order valence-corrected chi connectivity index (χ4v) is 3.45. The topological polar surface area (TPSA) is 52.5 Å². The molecule has 0 saturated heterocycles. The van der Waals surface area contributed by atoms with E-state index in [1.807, 2.05) is 0 Å². The molecule has 3 unspecified atom stereocenters. The first-order chi connectivity index (χ1) is 9.47. The molecule has 0 aliphatic heterocycles.